The van der Waals surface area contributed by atoms with E-state index in [-0.39, 0.29) is 18.1 Å². The van der Waals surface area contributed by atoms with Gasteiger partial charge in [-0.1, -0.05) is 42.4 Å². The SMILES string of the molecule is CC(C)(Sc1cnc(NC(=O)N(C2CCCCC2)[C@H]2CC[C@H](OCC3CC3)CC2)s1)C(=O)O. The van der Waals surface area contributed by atoms with E-state index in [1.807, 2.05) is 0 Å². The summed E-state index contributed by atoms with van der Waals surface area (Å²) in [7, 11) is 0. The van der Waals surface area contributed by atoms with E-state index >= 15 is 0 Å². The summed E-state index contributed by atoms with van der Waals surface area (Å²) in [4.78, 5) is 31.4. The lowest BCUT2D eigenvalue weighted by molar-refractivity contribution is -0.138. The molecule has 3 aliphatic rings. The van der Waals surface area contributed by atoms with E-state index in [9.17, 15) is 14.7 Å². The molecule has 4 rings (SSSR count). The van der Waals surface area contributed by atoms with Gasteiger partial charge in [0.2, 0.25) is 0 Å². The zero-order chi connectivity index (χ0) is 23.4. The Morgan fingerprint density at radius 1 is 1.12 bits per heavy atom. The maximum absolute atomic E-state index is 13.5. The number of anilines is 1. The van der Waals surface area contributed by atoms with Gasteiger partial charge in [-0.25, -0.2) is 9.78 Å². The average molecular weight is 496 g/mol. The summed E-state index contributed by atoms with van der Waals surface area (Å²) >= 11 is 2.60. The van der Waals surface area contributed by atoms with Crippen LogP contribution in [-0.2, 0) is 9.53 Å². The molecule has 2 N–H and O–H groups in total. The molecule has 3 saturated carbocycles. The first-order chi connectivity index (χ1) is 15.8. The van der Waals surface area contributed by atoms with Gasteiger partial charge in [0.15, 0.2) is 5.13 Å². The topological polar surface area (TPSA) is 91.8 Å². The Morgan fingerprint density at radius 3 is 2.42 bits per heavy atom. The van der Waals surface area contributed by atoms with Crippen molar-refractivity contribution in [1.29, 1.82) is 0 Å². The summed E-state index contributed by atoms with van der Waals surface area (Å²) in [5, 5.41) is 12.9. The molecular formula is C24H37N3O4S2. The predicted molar refractivity (Wildman–Crippen MR) is 132 cm³/mol. The fourth-order valence-corrected chi connectivity index (χ4v) is 7.12. The number of rotatable bonds is 9. The summed E-state index contributed by atoms with van der Waals surface area (Å²) in [6.07, 6.45) is 14.4. The molecular weight excluding hydrogens is 458 g/mol. The first-order valence-electron chi connectivity index (χ1n) is 12.4. The fraction of sp³-hybridized carbons (Fsp3) is 0.792. The van der Waals surface area contributed by atoms with Crippen LogP contribution < -0.4 is 5.32 Å². The highest BCUT2D eigenvalue weighted by Crippen LogP contribution is 2.38. The van der Waals surface area contributed by atoms with Crippen molar-refractivity contribution in [2.24, 2.45) is 5.92 Å². The maximum atomic E-state index is 13.5. The normalized spacial score (nSPS) is 24.4. The Bertz CT molecular complexity index is 812. The second kappa shape index (κ2) is 11.0. The number of nitrogens with zero attached hydrogens (tertiary/aromatic N) is 2. The Hall–Kier alpha value is -1.32. The van der Waals surface area contributed by atoms with Crippen LogP contribution in [0.3, 0.4) is 0 Å². The summed E-state index contributed by atoms with van der Waals surface area (Å²) < 4.78 is 5.97. The van der Waals surface area contributed by atoms with Gasteiger partial charge < -0.3 is 14.7 Å². The average Bonchev–Trinajstić information content (AvgIpc) is 3.53. The van der Waals surface area contributed by atoms with E-state index in [1.165, 1.54) is 55.2 Å². The Morgan fingerprint density at radius 2 is 1.79 bits per heavy atom. The minimum absolute atomic E-state index is 0.0624. The van der Waals surface area contributed by atoms with Crippen LogP contribution in [-0.4, -0.2) is 56.5 Å². The van der Waals surface area contributed by atoms with Gasteiger partial charge >= 0.3 is 12.0 Å². The number of hydrogen-bond donors (Lipinski definition) is 2. The van der Waals surface area contributed by atoms with Crippen LogP contribution in [0.4, 0.5) is 9.93 Å². The van der Waals surface area contributed by atoms with Crippen LogP contribution in [0.1, 0.15) is 84.5 Å². The van der Waals surface area contributed by atoms with Crippen LogP contribution in [0, 0.1) is 5.92 Å². The number of carboxylic acid groups (broad SMARTS) is 1. The van der Waals surface area contributed by atoms with E-state index in [1.54, 1.807) is 20.0 Å². The molecule has 3 aliphatic carbocycles. The number of carboxylic acids is 1. The van der Waals surface area contributed by atoms with Gasteiger partial charge in [-0.05, 0) is 71.1 Å². The van der Waals surface area contributed by atoms with Crippen LogP contribution in [0.15, 0.2) is 10.4 Å². The first-order valence-corrected chi connectivity index (χ1v) is 14.0. The molecule has 0 saturated heterocycles. The van der Waals surface area contributed by atoms with Crippen LogP contribution in [0.25, 0.3) is 0 Å². The molecule has 0 bridgehead atoms. The van der Waals surface area contributed by atoms with Gasteiger partial charge in [0, 0.05) is 18.7 Å². The van der Waals surface area contributed by atoms with E-state index in [4.69, 9.17) is 4.74 Å². The molecule has 0 aromatic carbocycles. The molecule has 0 unspecified atom stereocenters. The number of carbonyl (C=O) groups is 2. The number of carbonyl (C=O) groups excluding carboxylic acids is 1. The molecule has 33 heavy (non-hydrogen) atoms. The molecule has 184 valence electrons. The smallest absolute Gasteiger partial charge is 0.324 e. The highest BCUT2D eigenvalue weighted by atomic mass is 32.2. The standard InChI is InChI=1S/C24H37N3O4S2/c1-24(2,21(28)29)33-20-14-25-22(32-20)26-23(30)27(17-6-4-3-5-7-17)18-10-12-19(13-11-18)31-15-16-8-9-16/h14,16-19H,3-13,15H2,1-2H3,(H,28,29)(H,25,26,30)/t18-,19-. The van der Waals surface area contributed by atoms with Crippen molar-refractivity contribution in [2.45, 2.75) is 112 Å². The van der Waals surface area contributed by atoms with E-state index in [0.717, 1.165) is 55.3 Å². The number of aromatic nitrogens is 1. The largest absolute Gasteiger partial charge is 0.480 e. The van der Waals surface area contributed by atoms with Gasteiger partial charge in [-0.2, -0.15) is 0 Å². The number of thioether (sulfide) groups is 1. The highest BCUT2D eigenvalue weighted by Gasteiger charge is 2.36. The summed E-state index contributed by atoms with van der Waals surface area (Å²) in [6, 6.07) is 0.466. The molecule has 3 fully saturated rings. The summed E-state index contributed by atoms with van der Waals surface area (Å²) in [5.74, 6) is -0.0821. The lowest BCUT2D eigenvalue weighted by Gasteiger charge is -2.42. The molecule has 0 radical (unpaired) electrons. The molecule has 0 spiro atoms. The monoisotopic (exact) mass is 495 g/mol. The van der Waals surface area contributed by atoms with E-state index in [2.05, 4.69) is 15.2 Å². The number of urea groups is 1. The van der Waals surface area contributed by atoms with Crippen LogP contribution in [0.2, 0.25) is 0 Å². The number of nitrogens with one attached hydrogen (secondary N) is 1. The van der Waals surface area contributed by atoms with Gasteiger partial charge in [-0.3, -0.25) is 10.1 Å². The predicted octanol–water partition coefficient (Wildman–Crippen LogP) is 6.00. The van der Waals surface area contributed by atoms with Crippen molar-refractivity contribution in [1.82, 2.24) is 9.88 Å². The van der Waals surface area contributed by atoms with Gasteiger partial charge in [0.05, 0.1) is 16.5 Å². The van der Waals surface area contributed by atoms with Crippen molar-refractivity contribution in [3.8, 4) is 0 Å². The third kappa shape index (κ3) is 6.85. The van der Waals surface area contributed by atoms with Crippen LogP contribution in [0.5, 0.6) is 0 Å². The third-order valence-corrected chi connectivity index (χ3v) is 9.27. The van der Waals surface area contributed by atoms with E-state index < -0.39 is 10.7 Å². The van der Waals surface area contributed by atoms with Crippen molar-refractivity contribution in [3.63, 3.8) is 0 Å². The molecule has 0 atom stereocenters. The van der Waals surface area contributed by atoms with Gasteiger partial charge in [0.25, 0.3) is 0 Å². The maximum Gasteiger partial charge on any atom is 0.324 e. The van der Waals surface area contributed by atoms with Crippen molar-refractivity contribution in [2.75, 3.05) is 11.9 Å². The summed E-state index contributed by atoms with van der Waals surface area (Å²) in [6.45, 7) is 4.26. The number of hydrogen-bond acceptors (Lipinski definition) is 6. The van der Waals surface area contributed by atoms with Crippen molar-refractivity contribution >= 4 is 40.2 Å². The Kier molecular flexibility index (Phi) is 8.23. The molecule has 0 aliphatic heterocycles. The fourth-order valence-electron chi connectivity index (χ4n) is 4.85. The molecule has 9 heteroatoms. The van der Waals surface area contributed by atoms with Gasteiger partial charge in [-0.15, -0.1) is 0 Å². The minimum atomic E-state index is -0.942. The Labute approximate surface area is 205 Å². The van der Waals surface area contributed by atoms with Gasteiger partial charge in [0.1, 0.15) is 4.75 Å². The first kappa shape index (κ1) is 24.8. The third-order valence-electron chi connectivity index (χ3n) is 7.07. The Balaban J connectivity index is 1.37. The molecule has 2 amide bonds. The zero-order valence-corrected chi connectivity index (χ0v) is 21.4. The minimum Gasteiger partial charge on any atom is -0.480 e. The number of ether oxygens (including phenoxy) is 1. The van der Waals surface area contributed by atoms with Crippen molar-refractivity contribution in [3.05, 3.63) is 6.20 Å². The second-order valence-corrected chi connectivity index (χ2v) is 13.2. The molecule has 7 nitrogen and oxygen atoms in total. The zero-order valence-electron chi connectivity index (χ0n) is 19.8. The lowest BCUT2D eigenvalue weighted by atomic mass is 9.88. The number of amides is 2. The second-order valence-electron chi connectivity index (χ2n) is 10.2. The quantitative estimate of drug-likeness (QED) is 0.408. The van der Waals surface area contributed by atoms with E-state index in [0.29, 0.717) is 11.2 Å². The van der Waals surface area contributed by atoms with Crippen LogP contribution >= 0.6 is 23.1 Å². The molecule has 1 heterocycles. The molecule has 1 aromatic rings. The lowest BCUT2D eigenvalue weighted by Crippen LogP contribution is -2.51. The number of thiazole rings is 1. The number of aliphatic carboxylic acids is 1. The highest BCUT2D eigenvalue weighted by molar-refractivity contribution is 8.03. The molecule has 1 aromatic heterocycles. The van der Waals surface area contributed by atoms with Crippen molar-refractivity contribution < 1.29 is 19.4 Å². The summed E-state index contributed by atoms with van der Waals surface area (Å²) in [5.41, 5.74) is 0.